The Morgan fingerprint density at radius 1 is 1.40 bits per heavy atom. The third kappa shape index (κ3) is 2.18. The molecule has 0 saturated carbocycles. The van der Waals surface area contributed by atoms with Gasteiger partial charge in [-0.05, 0) is 31.4 Å². The first-order valence-electron chi connectivity index (χ1n) is 6.90. The van der Waals surface area contributed by atoms with Crippen LogP contribution in [0.25, 0.3) is 11.1 Å². The average Bonchev–Trinajstić information content (AvgIpc) is 2.84. The number of aromatic nitrogens is 1. The van der Waals surface area contributed by atoms with E-state index in [1.807, 2.05) is 31.2 Å². The number of piperidine rings is 1. The largest absolute Gasteiger partial charge is 0.480 e. The second-order valence-corrected chi connectivity index (χ2v) is 5.61. The highest BCUT2D eigenvalue weighted by molar-refractivity contribution is 5.76. The number of rotatable bonds is 2. The van der Waals surface area contributed by atoms with Crippen LogP contribution in [0.1, 0.15) is 32.1 Å². The number of oxazole rings is 1. The first kappa shape index (κ1) is 13.1. The summed E-state index contributed by atoms with van der Waals surface area (Å²) in [6.07, 6.45) is 0.762. The zero-order valence-corrected chi connectivity index (χ0v) is 11.5. The maximum Gasteiger partial charge on any atom is 0.321 e. The highest BCUT2D eigenvalue weighted by atomic mass is 16.4. The second-order valence-electron chi connectivity index (χ2n) is 5.61. The van der Waals surface area contributed by atoms with Gasteiger partial charge in [0.1, 0.15) is 11.6 Å². The monoisotopic (exact) mass is 274 g/mol. The number of carboxylic acids is 1. The number of benzene rings is 1. The van der Waals surface area contributed by atoms with Crippen molar-refractivity contribution in [3.63, 3.8) is 0 Å². The zero-order chi connectivity index (χ0) is 14.3. The van der Waals surface area contributed by atoms with Crippen LogP contribution in [-0.4, -0.2) is 28.1 Å². The van der Waals surface area contributed by atoms with Crippen molar-refractivity contribution in [3.8, 4) is 0 Å². The second kappa shape index (κ2) is 4.90. The highest BCUT2D eigenvalue weighted by Crippen LogP contribution is 2.34. The van der Waals surface area contributed by atoms with Crippen LogP contribution in [0.5, 0.6) is 0 Å². The van der Waals surface area contributed by atoms with E-state index in [1.54, 1.807) is 0 Å². The fraction of sp³-hybridized carbons (Fsp3) is 0.467. The van der Waals surface area contributed by atoms with Crippen molar-refractivity contribution in [2.75, 3.05) is 0 Å². The molecule has 1 aromatic heterocycles. The summed E-state index contributed by atoms with van der Waals surface area (Å²) in [6.45, 7) is 4.13. The predicted molar refractivity (Wildman–Crippen MR) is 74.6 cm³/mol. The fourth-order valence-corrected chi connectivity index (χ4v) is 2.84. The Kier molecular flexibility index (Phi) is 3.22. The van der Waals surface area contributed by atoms with Gasteiger partial charge in [0.25, 0.3) is 0 Å². The van der Waals surface area contributed by atoms with Crippen molar-refractivity contribution in [1.29, 1.82) is 0 Å². The molecular weight excluding hydrogens is 256 g/mol. The molecule has 1 aliphatic rings. The Bertz CT molecular complexity index is 604. The van der Waals surface area contributed by atoms with Gasteiger partial charge in [-0.1, -0.05) is 19.1 Å². The standard InChI is InChI=1S/C15H18N2O3/c1-8-7-10(13(15(18)19)16-9(8)2)14-17-11-5-3-4-6-12(11)20-14/h3-6,8-10,13,16H,7H2,1-2H3,(H,18,19)/t8?,9?,10?,13-/m0/s1. The molecule has 1 fully saturated rings. The normalized spacial score (nSPS) is 30.5. The lowest BCUT2D eigenvalue weighted by Crippen LogP contribution is -2.53. The zero-order valence-electron chi connectivity index (χ0n) is 11.5. The van der Waals surface area contributed by atoms with Gasteiger partial charge in [-0.25, -0.2) is 4.98 Å². The summed E-state index contributed by atoms with van der Waals surface area (Å²) in [4.78, 5) is 15.9. The van der Waals surface area contributed by atoms with Crippen molar-refractivity contribution in [2.45, 2.75) is 38.3 Å². The maximum absolute atomic E-state index is 11.5. The molecule has 3 unspecified atom stereocenters. The van der Waals surface area contributed by atoms with Crippen LogP contribution >= 0.6 is 0 Å². The van der Waals surface area contributed by atoms with Gasteiger partial charge in [0.2, 0.25) is 5.89 Å². The summed E-state index contributed by atoms with van der Waals surface area (Å²) < 4.78 is 5.76. The summed E-state index contributed by atoms with van der Waals surface area (Å²) in [5.41, 5.74) is 1.48. The number of hydrogen-bond donors (Lipinski definition) is 2. The van der Waals surface area contributed by atoms with E-state index in [-0.39, 0.29) is 12.0 Å². The molecule has 3 rings (SSSR count). The summed E-state index contributed by atoms with van der Waals surface area (Å²) in [5.74, 6) is -0.183. The van der Waals surface area contributed by atoms with E-state index in [1.165, 1.54) is 0 Å². The molecule has 1 aromatic carbocycles. The van der Waals surface area contributed by atoms with E-state index < -0.39 is 12.0 Å². The molecule has 2 aromatic rings. The van der Waals surface area contributed by atoms with E-state index in [0.717, 1.165) is 11.9 Å². The van der Waals surface area contributed by atoms with Gasteiger partial charge in [0, 0.05) is 6.04 Å². The number of para-hydroxylation sites is 2. The molecule has 20 heavy (non-hydrogen) atoms. The number of carboxylic acid groups (broad SMARTS) is 1. The SMILES string of the molecule is CC1CC(c2nc3ccccc3o2)[C@@H](C(=O)O)NC1C. The van der Waals surface area contributed by atoms with Crippen LogP contribution in [0.4, 0.5) is 0 Å². The Morgan fingerprint density at radius 2 is 2.15 bits per heavy atom. The van der Waals surface area contributed by atoms with Gasteiger partial charge in [-0.15, -0.1) is 0 Å². The van der Waals surface area contributed by atoms with Crippen molar-refractivity contribution in [3.05, 3.63) is 30.2 Å². The van der Waals surface area contributed by atoms with Crippen molar-refractivity contribution in [2.24, 2.45) is 5.92 Å². The molecule has 0 amide bonds. The van der Waals surface area contributed by atoms with Gasteiger partial charge < -0.3 is 14.8 Å². The van der Waals surface area contributed by atoms with Crippen molar-refractivity contribution in [1.82, 2.24) is 10.3 Å². The van der Waals surface area contributed by atoms with Crippen LogP contribution in [0.3, 0.4) is 0 Å². The first-order chi connectivity index (χ1) is 9.56. The molecule has 106 valence electrons. The van der Waals surface area contributed by atoms with Crippen LogP contribution in [0.15, 0.2) is 28.7 Å². The molecule has 0 spiro atoms. The summed E-state index contributed by atoms with van der Waals surface area (Å²) in [5, 5.41) is 12.6. The Balaban J connectivity index is 1.98. The topological polar surface area (TPSA) is 75.4 Å². The van der Waals surface area contributed by atoms with E-state index in [2.05, 4.69) is 17.2 Å². The molecule has 5 heteroatoms. The molecule has 2 heterocycles. The third-order valence-electron chi connectivity index (χ3n) is 4.22. The van der Waals surface area contributed by atoms with Gasteiger partial charge in [-0.2, -0.15) is 0 Å². The van der Waals surface area contributed by atoms with Crippen LogP contribution in [0.2, 0.25) is 0 Å². The quantitative estimate of drug-likeness (QED) is 0.879. The smallest absolute Gasteiger partial charge is 0.321 e. The highest BCUT2D eigenvalue weighted by Gasteiger charge is 2.40. The minimum Gasteiger partial charge on any atom is -0.480 e. The first-order valence-corrected chi connectivity index (χ1v) is 6.90. The number of nitrogens with one attached hydrogen (secondary N) is 1. The van der Waals surface area contributed by atoms with Crippen LogP contribution in [0, 0.1) is 5.92 Å². The average molecular weight is 274 g/mol. The Morgan fingerprint density at radius 3 is 2.85 bits per heavy atom. The molecule has 0 radical (unpaired) electrons. The summed E-state index contributed by atoms with van der Waals surface area (Å²) >= 11 is 0. The molecule has 0 bridgehead atoms. The van der Waals surface area contributed by atoms with Crippen molar-refractivity contribution >= 4 is 17.1 Å². The number of nitrogens with zero attached hydrogens (tertiary/aromatic N) is 1. The van der Waals surface area contributed by atoms with E-state index in [0.29, 0.717) is 17.4 Å². The van der Waals surface area contributed by atoms with E-state index in [9.17, 15) is 9.90 Å². The number of aliphatic carboxylic acids is 1. The van der Waals surface area contributed by atoms with E-state index in [4.69, 9.17) is 4.42 Å². The van der Waals surface area contributed by atoms with Gasteiger partial charge in [-0.3, -0.25) is 4.79 Å². The molecule has 1 saturated heterocycles. The minimum absolute atomic E-state index is 0.178. The van der Waals surface area contributed by atoms with Gasteiger partial charge >= 0.3 is 5.97 Å². The number of fused-ring (bicyclic) bond motifs is 1. The third-order valence-corrected chi connectivity index (χ3v) is 4.22. The molecular formula is C15H18N2O3. The summed E-state index contributed by atoms with van der Waals surface area (Å²) in [7, 11) is 0. The molecule has 0 aliphatic carbocycles. The molecule has 2 N–H and O–H groups in total. The fourth-order valence-electron chi connectivity index (χ4n) is 2.84. The lowest BCUT2D eigenvalue weighted by atomic mass is 9.81. The molecule has 4 atom stereocenters. The number of hydrogen-bond acceptors (Lipinski definition) is 4. The van der Waals surface area contributed by atoms with E-state index >= 15 is 0 Å². The Hall–Kier alpha value is -1.88. The van der Waals surface area contributed by atoms with Crippen LogP contribution < -0.4 is 5.32 Å². The minimum atomic E-state index is -0.851. The van der Waals surface area contributed by atoms with Gasteiger partial charge in [0.05, 0.1) is 5.92 Å². The molecule has 5 nitrogen and oxygen atoms in total. The summed E-state index contributed by atoms with van der Waals surface area (Å²) in [6, 6.07) is 7.04. The predicted octanol–water partition coefficient (Wildman–Crippen LogP) is 2.38. The molecule has 1 aliphatic heterocycles. The number of carbonyl (C=O) groups is 1. The maximum atomic E-state index is 11.5. The lowest BCUT2D eigenvalue weighted by molar-refractivity contribution is -0.141. The van der Waals surface area contributed by atoms with Gasteiger partial charge in [0.15, 0.2) is 5.58 Å². The lowest BCUT2D eigenvalue weighted by Gasteiger charge is -2.36. The van der Waals surface area contributed by atoms with Crippen molar-refractivity contribution < 1.29 is 14.3 Å². The van der Waals surface area contributed by atoms with Crippen LogP contribution in [-0.2, 0) is 4.79 Å². The Labute approximate surface area is 117 Å².